The molecule has 0 radical (unpaired) electrons. The van der Waals surface area contributed by atoms with Crippen LogP contribution in [0.4, 0.5) is 5.69 Å². The molecule has 0 bridgehead atoms. The van der Waals surface area contributed by atoms with E-state index in [1.807, 2.05) is 18.2 Å². The lowest BCUT2D eigenvalue weighted by molar-refractivity contribution is 0.330. The first kappa shape index (κ1) is 13.5. The Labute approximate surface area is 115 Å². The largest absolute Gasteiger partial charge is 0.491 e. The van der Waals surface area contributed by atoms with Crippen molar-refractivity contribution < 1.29 is 4.74 Å². The molecule has 2 rings (SSSR count). The molecular weight excluding hydrogens is 234 g/mol. The molecule has 0 spiro atoms. The van der Waals surface area contributed by atoms with Gasteiger partial charge in [-0.2, -0.15) is 0 Å². The van der Waals surface area contributed by atoms with Gasteiger partial charge in [-0.1, -0.05) is 30.3 Å². The predicted molar refractivity (Wildman–Crippen MR) is 81.1 cm³/mol. The van der Waals surface area contributed by atoms with E-state index >= 15 is 0 Å². The van der Waals surface area contributed by atoms with Gasteiger partial charge in [0.25, 0.3) is 0 Å². The second-order valence-electron chi connectivity index (χ2n) is 4.86. The second-order valence-corrected chi connectivity index (χ2v) is 4.86. The quantitative estimate of drug-likeness (QED) is 0.812. The smallest absolute Gasteiger partial charge is 0.122 e. The Morgan fingerprint density at radius 3 is 2.53 bits per heavy atom. The summed E-state index contributed by atoms with van der Waals surface area (Å²) in [5.41, 5.74) is 4.90. The highest BCUT2D eigenvalue weighted by atomic mass is 16.5. The van der Waals surface area contributed by atoms with Crippen molar-refractivity contribution in [1.29, 1.82) is 0 Å². The van der Waals surface area contributed by atoms with Crippen LogP contribution in [-0.2, 0) is 0 Å². The van der Waals surface area contributed by atoms with Gasteiger partial charge in [0.15, 0.2) is 0 Å². The van der Waals surface area contributed by atoms with E-state index in [1.54, 1.807) is 0 Å². The van der Waals surface area contributed by atoms with Crippen LogP contribution >= 0.6 is 0 Å². The summed E-state index contributed by atoms with van der Waals surface area (Å²) in [6.07, 6.45) is 0. The van der Waals surface area contributed by atoms with E-state index in [9.17, 15) is 0 Å². The van der Waals surface area contributed by atoms with Crippen LogP contribution in [0.5, 0.6) is 5.75 Å². The Balaban J connectivity index is 1.84. The summed E-state index contributed by atoms with van der Waals surface area (Å²) in [7, 11) is 0. The average Bonchev–Trinajstić information content (AvgIpc) is 2.40. The monoisotopic (exact) mass is 255 g/mol. The van der Waals surface area contributed by atoms with Crippen LogP contribution < -0.4 is 10.1 Å². The molecule has 1 N–H and O–H groups in total. The highest BCUT2D eigenvalue weighted by Crippen LogP contribution is 2.17. The van der Waals surface area contributed by atoms with Crippen molar-refractivity contribution in [3.63, 3.8) is 0 Å². The number of hydrogen-bond acceptors (Lipinski definition) is 2. The summed E-state index contributed by atoms with van der Waals surface area (Å²) in [6, 6.07) is 14.5. The minimum atomic E-state index is 0.665. The van der Waals surface area contributed by atoms with Gasteiger partial charge in [0.05, 0.1) is 0 Å². The van der Waals surface area contributed by atoms with Crippen LogP contribution in [0.15, 0.2) is 42.5 Å². The van der Waals surface area contributed by atoms with E-state index in [4.69, 9.17) is 4.74 Å². The molecule has 0 amide bonds. The summed E-state index contributed by atoms with van der Waals surface area (Å²) in [5.74, 6) is 0.963. The molecule has 0 aromatic heterocycles. The molecule has 100 valence electrons. The van der Waals surface area contributed by atoms with Crippen molar-refractivity contribution in [1.82, 2.24) is 0 Å². The van der Waals surface area contributed by atoms with Crippen LogP contribution in [0.1, 0.15) is 16.7 Å². The van der Waals surface area contributed by atoms with E-state index < -0.39 is 0 Å². The molecule has 0 unspecified atom stereocenters. The first-order valence-electron chi connectivity index (χ1n) is 6.66. The minimum absolute atomic E-state index is 0.665. The van der Waals surface area contributed by atoms with Gasteiger partial charge >= 0.3 is 0 Å². The molecule has 0 fully saturated rings. The first-order valence-corrected chi connectivity index (χ1v) is 6.66. The third-order valence-corrected chi connectivity index (χ3v) is 3.16. The fourth-order valence-electron chi connectivity index (χ4n) is 1.99. The topological polar surface area (TPSA) is 21.3 Å². The average molecular weight is 255 g/mol. The van der Waals surface area contributed by atoms with Crippen molar-refractivity contribution in [3.05, 3.63) is 59.2 Å². The van der Waals surface area contributed by atoms with Gasteiger partial charge < -0.3 is 10.1 Å². The number of benzene rings is 2. The number of ether oxygens (including phenoxy) is 1. The fraction of sp³-hybridized carbons (Fsp3) is 0.294. The maximum atomic E-state index is 5.77. The van der Waals surface area contributed by atoms with Gasteiger partial charge in [-0.3, -0.25) is 0 Å². The lowest BCUT2D eigenvalue weighted by Crippen LogP contribution is -2.12. The summed E-state index contributed by atoms with van der Waals surface area (Å²) in [5, 5.41) is 3.42. The molecule has 2 heteroatoms. The Kier molecular flexibility index (Phi) is 4.45. The number of aryl methyl sites for hydroxylation is 3. The number of nitrogens with one attached hydrogen (secondary N) is 1. The van der Waals surface area contributed by atoms with E-state index in [0.717, 1.165) is 12.3 Å². The molecular formula is C17H21NO. The van der Waals surface area contributed by atoms with Crippen molar-refractivity contribution in [3.8, 4) is 5.75 Å². The van der Waals surface area contributed by atoms with Gasteiger partial charge in [-0.25, -0.2) is 0 Å². The summed E-state index contributed by atoms with van der Waals surface area (Å²) >= 11 is 0. The maximum Gasteiger partial charge on any atom is 0.122 e. The molecule has 0 aliphatic rings. The SMILES string of the molecule is Cc1ccc(C)c(NCCOc2ccccc2C)c1. The standard InChI is InChI=1S/C17H21NO/c1-13-8-9-14(2)16(12-13)18-10-11-19-17-7-5-4-6-15(17)3/h4-9,12,18H,10-11H2,1-3H3. The molecule has 0 heterocycles. The van der Waals surface area contributed by atoms with Gasteiger partial charge in [0.2, 0.25) is 0 Å². The molecule has 2 aromatic carbocycles. The van der Waals surface area contributed by atoms with Crippen molar-refractivity contribution in [2.45, 2.75) is 20.8 Å². The number of anilines is 1. The third kappa shape index (κ3) is 3.75. The van der Waals surface area contributed by atoms with Crippen molar-refractivity contribution in [2.24, 2.45) is 0 Å². The van der Waals surface area contributed by atoms with Crippen LogP contribution in [-0.4, -0.2) is 13.2 Å². The van der Waals surface area contributed by atoms with Gasteiger partial charge in [-0.15, -0.1) is 0 Å². The normalized spacial score (nSPS) is 10.3. The minimum Gasteiger partial charge on any atom is -0.491 e. The molecule has 0 aliphatic carbocycles. The van der Waals surface area contributed by atoms with E-state index in [-0.39, 0.29) is 0 Å². The van der Waals surface area contributed by atoms with Crippen molar-refractivity contribution >= 4 is 5.69 Å². The zero-order valence-corrected chi connectivity index (χ0v) is 11.9. The van der Waals surface area contributed by atoms with Gasteiger partial charge in [0.1, 0.15) is 12.4 Å². The predicted octanol–water partition coefficient (Wildman–Crippen LogP) is 4.10. The molecule has 0 aliphatic heterocycles. The van der Waals surface area contributed by atoms with Gasteiger partial charge in [-0.05, 0) is 49.6 Å². The van der Waals surface area contributed by atoms with Crippen LogP contribution in [0, 0.1) is 20.8 Å². The van der Waals surface area contributed by atoms with Crippen molar-refractivity contribution in [2.75, 3.05) is 18.5 Å². The van der Waals surface area contributed by atoms with Crippen LogP contribution in [0.3, 0.4) is 0 Å². The number of rotatable bonds is 5. The molecule has 0 saturated carbocycles. The second kappa shape index (κ2) is 6.28. The lowest BCUT2D eigenvalue weighted by atomic mass is 10.1. The van der Waals surface area contributed by atoms with Crippen LogP contribution in [0.2, 0.25) is 0 Å². The zero-order valence-electron chi connectivity index (χ0n) is 11.9. The third-order valence-electron chi connectivity index (χ3n) is 3.16. The molecule has 0 saturated heterocycles. The van der Waals surface area contributed by atoms with E-state index in [2.05, 4.69) is 50.4 Å². The molecule has 2 aromatic rings. The summed E-state index contributed by atoms with van der Waals surface area (Å²) < 4.78 is 5.77. The Morgan fingerprint density at radius 1 is 0.947 bits per heavy atom. The maximum absolute atomic E-state index is 5.77. The Hall–Kier alpha value is -1.96. The Bertz CT molecular complexity index is 549. The molecule has 0 atom stereocenters. The highest BCUT2D eigenvalue weighted by molar-refractivity contribution is 5.52. The summed E-state index contributed by atoms with van der Waals surface area (Å²) in [4.78, 5) is 0. The van der Waals surface area contributed by atoms with E-state index in [1.165, 1.54) is 22.4 Å². The first-order chi connectivity index (χ1) is 9.16. The molecule has 2 nitrogen and oxygen atoms in total. The fourth-order valence-corrected chi connectivity index (χ4v) is 1.99. The lowest BCUT2D eigenvalue weighted by Gasteiger charge is -2.12. The Morgan fingerprint density at radius 2 is 1.74 bits per heavy atom. The zero-order chi connectivity index (χ0) is 13.7. The van der Waals surface area contributed by atoms with Gasteiger partial charge in [0, 0.05) is 12.2 Å². The highest BCUT2D eigenvalue weighted by Gasteiger charge is 1.99. The number of hydrogen-bond donors (Lipinski definition) is 1. The number of para-hydroxylation sites is 1. The molecule has 19 heavy (non-hydrogen) atoms. The van der Waals surface area contributed by atoms with E-state index in [0.29, 0.717) is 6.61 Å². The summed E-state index contributed by atoms with van der Waals surface area (Å²) in [6.45, 7) is 7.75. The van der Waals surface area contributed by atoms with Crippen LogP contribution in [0.25, 0.3) is 0 Å².